The molecular weight excluding hydrogens is 699 g/mol. The van der Waals surface area contributed by atoms with Gasteiger partial charge in [-0.3, -0.25) is 9.36 Å². The number of phosphoric acid groups is 1. The molecule has 0 spiro atoms. The molecule has 0 rings (SSSR count). The van der Waals surface area contributed by atoms with Crippen LogP contribution in [-0.4, -0.2) is 79.8 Å². The van der Waals surface area contributed by atoms with Crippen LogP contribution in [0.15, 0.2) is 60.8 Å². The maximum Gasteiger partial charge on any atom is 0.268 e. The minimum atomic E-state index is -4.61. The first-order valence-electron chi connectivity index (χ1n) is 21.3. The summed E-state index contributed by atoms with van der Waals surface area (Å²) in [6.45, 7) is 4.45. The number of amides is 1. The number of nitrogens with one attached hydrogen (secondary N) is 1. The van der Waals surface area contributed by atoms with E-state index in [1.165, 1.54) is 64.2 Å². The first-order valence-corrected chi connectivity index (χ1v) is 22.7. The molecule has 0 aliphatic heterocycles. The second-order valence-electron chi connectivity index (χ2n) is 15.5. The van der Waals surface area contributed by atoms with E-state index in [-0.39, 0.29) is 25.0 Å². The summed E-state index contributed by atoms with van der Waals surface area (Å²) in [5.41, 5.74) is 0. The van der Waals surface area contributed by atoms with Gasteiger partial charge in [0.2, 0.25) is 5.91 Å². The highest BCUT2D eigenvalue weighted by molar-refractivity contribution is 7.45. The Bertz CT molecular complexity index is 1080. The molecule has 0 bridgehead atoms. The minimum absolute atomic E-state index is 0.0220. The monoisotopic (exact) mass is 781 g/mol. The van der Waals surface area contributed by atoms with Gasteiger partial charge < -0.3 is 34.0 Å². The van der Waals surface area contributed by atoms with E-state index in [0.29, 0.717) is 17.4 Å². The lowest BCUT2D eigenvalue weighted by atomic mass is 10.0. The van der Waals surface area contributed by atoms with E-state index >= 15 is 0 Å². The molecule has 0 aliphatic rings. The minimum Gasteiger partial charge on any atom is -0.756 e. The van der Waals surface area contributed by atoms with E-state index in [0.717, 1.165) is 64.2 Å². The van der Waals surface area contributed by atoms with Crippen LogP contribution in [0.25, 0.3) is 0 Å². The number of rotatable bonds is 37. The molecule has 10 heteroatoms. The van der Waals surface area contributed by atoms with Crippen molar-refractivity contribution in [2.45, 2.75) is 173 Å². The Kier molecular flexibility index (Phi) is 34.4. The van der Waals surface area contributed by atoms with E-state index < -0.39 is 26.6 Å². The molecule has 0 heterocycles. The van der Waals surface area contributed by atoms with Crippen molar-refractivity contribution in [1.29, 1.82) is 0 Å². The van der Waals surface area contributed by atoms with Crippen LogP contribution in [0.4, 0.5) is 0 Å². The smallest absolute Gasteiger partial charge is 0.268 e. The van der Waals surface area contributed by atoms with Gasteiger partial charge in [0.1, 0.15) is 13.2 Å². The maximum absolute atomic E-state index is 12.8. The summed E-state index contributed by atoms with van der Waals surface area (Å²) in [6, 6.07) is -0.930. The molecule has 1 amide bonds. The zero-order chi connectivity index (χ0) is 40.2. The van der Waals surface area contributed by atoms with E-state index in [1.54, 1.807) is 6.08 Å². The van der Waals surface area contributed by atoms with E-state index in [4.69, 9.17) is 9.05 Å². The Labute approximate surface area is 331 Å². The van der Waals surface area contributed by atoms with Crippen molar-refractivity contribution < 1.29 is 38.0 Å². The van der Waals surface area contributed by atoms with Crippen molar-refractivity contribution in [3.8, 4) is 0 Å². The molecule has 9 nitrogen and oxygen atoms in total. The highest BCUT2D eigenvalue weighted by Crippen LogP contribution is 2.38. The van der Waals surface area contributed by atoms with Gasteiger partial charge in [-0.2, -0.15) is 0 Å². The first kappa shape index (κ1) is 52.2. The van der Waals surface area contributed by atoms with E-state index in [9.17, 15) is 24.5 Å². The quantitative estimate of drug-likeness (QED) is 0.0188. The topological polar surface area (TPSA) is 128 Å². The fraction of sp³-hybridized carbons (Fsp3) is 0.750. The van der Waals surface area contributed by atoms with Crippen molar-refractivity contribution in [1.82, 2.24) is 5.32 Å². The van der Waals surface area contributed by atoms with Gasteiger partial charge in [0.25, 0.3) is 7.82 Å². The lowest BCUT2D eigenvalue weighted by molar-refractivity contribution is -0.870. The van der Waals surface area contributed by atoms with Crippen LogP contribution in [-0.2, 0) is 18.4 Å². The third-order valence-electron chi connectivity index (χ3n) is 9.08. The number of phosphoric ester groups is 1. The van der Waals surface area contributed by atoms with Crippen LogP contribution >= 0.6 is 7.82 Å². The van der Waals surface area contributed by atoms with Crippen molar-refractivity contribution in [3.63, 3.8) is 0 Å². The van der Waals surface area contributed by atoms with Gasteiger partial charge in [-0.25, -0.2) is 0 Å². The lowest BCUT2D eigenvalue weighted by Crippen LogP contribution is -2.45. The number of unbranched alkanes of at least 4 members (excludes halogenated alkanes) is 15. The number of nitrogens with zero attached hydrogens (tertiary/aromatic N) is 1. The Hall–Kier alpha value is -1.84. The van der Waals surface area contributed by atoms with Gasteiger partial charge in [-0.1, -0.05) is 164 Å². The predicted molar refractivity (Wildman–Crippen MR) is 225 cm³/mol. The van der Waals surface area contributed by atoms with Gasteiger partial charge in [0.05, 0.1) is 46.0 Å². The van der Waals surface area contributed by atoms with E-state index in [2.05, 4.69) is 43.5 Å². The molecule has 0 aromatic carbocycles. The maximum atomic E-state index is 12.8. The number of carbonyl (C=O) groups is 1. The Morgan fingerprint density at radius 1 is 0.704 bits per heavy atom. The lowest BCUT2D eigenvalue weighted by Gasteiger charge is -2.29. The van der Waals surface area contributed by atoms with Crippen LogP contribution in [0.3, 0.4) is 0 Å². The molecule has 4 atom stereocenters. The Balaban J connectivity index is 4.63. The van der Waals surface area contributed by atoms with Gasteiger partial charge in [-0.15, -0.1) is 0 Å². The second-order valence-corrected chi connectivity index (χ2v) is 17.0. The largest absolute Gasteiger partial charge is 0.756 e. The number of hydrogen-bond acceptors (Lipinski definition) is 7. The molecule has 0 saturated carbocycles. The number of aliphatic hydroxyl groups is 2. The molecule has 54 heavy (non-hydrogen) atoms. The fourth-order valence-corrected chi connectivity index (χ4v) is 6.33. The van der Waals surface area contributed by atoms with E-state index in [1.807, 2.05) is 51.5 Å². The summed E-state index contributed by atoms with van der Waals surface area (Å²) in [5.74, 6) is -0.272. The second kappa shape index (κ2) is 35.6. The van der Waals surface area contributed by atoms with Crippen molar-refractivity contribution in [2.24, 2.45) is 0 Å². The summed E-state index contributed by atoms with van der Waals surface area (Å²) in [6.07, 6.45) is 41.6. The standard InChI is InChI=1S/C44H81N2O7P/c1-6-8-10-11-12-13-14-15-16-19-22-25-28-32-36-43(48)42(40-53-54(50,51)52-39-38-46(3,4)5)45-44(49)37-33-29-26-23-20-17-18-21-24-27-31-35-41(47)34-30-9-7-2/h17-18,23-24,26-27,31-32,35-36,41-43,47-48H,6-16,19-22,25,28-30,33-34,37-40H2,1-5H3,(H-,45,49,50,51)/b18-17-,26-23-,27-24-,35-31+,36-32+/t41-,42-,43+/m0/s1. The molecule has 0 aromatic rings. The van der Waals surface area contributed by atoms with Crippen molar-refractivity contribution in [2.75, 3.05) is 40.9 Å². The third-order valence-corrected chi connectivity index (χ3v) is 10.0. The van der Waals surface area contributed by atoms with Crippen molar-refractivity contribution in [3.05, 3.63) is 60.8 Å². The molecule has 0 saturated heterocycles. The zero-order valence-electron chi connectivity index (χ0n) is 35.0. The molecule has 3 N–H and O–H groups in total. The Morgan fingerprint density at radius 3 is 1.89 bits per heavy atom. The summed E-state index contributed by atoms with van der Waals surface area (Å²) in [5, 5.41) is 23.6. The Morgan fingerprint density at radius 2 is 1.26 bits per heavy atom. The SMILES string of the molecule is CCCCCCCCCCCCCC/C=C/[C@@H](O)[C@H](COP(=O)([O-])OCC[N+](C)(C)C)NC(=O)CCC/C=C\C/C=C\C/C=C\C=C\[C@@H](O)CCCCC. The molecule has 0 fully saturated rings. The number of quaternary nitrogens is 1. The number of allylic oxidation sites excluding steroid dienone is 8. The molecule has 0 aromatic heterocycles. The van der Waals surface area contributed by atoms with Crippen LogP contribution < -0.4 is 10.2 Å². The van der Waals surface area contributed by atoms with Gasteiger partial charge in [0, 0.05) is 6.42 Å². The van der Waals surface area contributed by atoms with Gasteiger partial charge >= 0.3 is 0 Å². The molecule has 1 unspecified atom stereocenters. The van der Waals surface area contributed by atoms with Crippen LogP contribution in [0, 0.1) is 0 Å². The molecule has 0 aliphatic carbocycles. The zero-order valence-corrected chi connectivity index (χ0v) is 35.9. The van der Waals surface area contributed by atoms with Gasteiger partial charge in [-0.05, 0) is 44.9 Å². The first-order chi connectivity index (χ1) is 25.9. The number of carbonyl (C=O) groups excluding carboxylic acids is 1. The highest BCUT2D eigenvalue weighted by Gasteiger charge is 2.23. The summed E-state index contributed by atoms with van der Waals surface area (Å²) < 4.78 is 23.1. The van der Waals surface area contributed by atoms with Crippen LogP contribution in [0.2, 0.25) is 0 Å². The van der Waals surface area contributed by atoms with Crippen LogP contribution in [0.1, 0.15) is 155 Å². The summed E-state index contributed by atoms with van der Waals surface area (Å²) >= 11 is 0. The average molecular weight is 781 g/mol. The van der Waals surface area contributed by atoms with Crippen molar-refractivity contribution >= 4 is 13.7 Å². The number of aliphatic hydroxyl groups excluding tert-OH is 2. The highest BCUT2D eigenvalue weighted by atomic mass is 31.2. The molecular formula is C44H81N2O7P. The van der Waals surface area contributed by atoms with Gasteiger partial charge in [0.15, 0.2) is 0 Å². The summed E-state index contributed by atoms with van der Waals surface area (Å²) in [7, 11) is 1.19. The predicted octanol–water partition coefficient (Wildman–Crippen LogP) is 9.80. The normalized spacial score (nSPS) is 15.6. The number of hydrogen-bond donors (Lipinski definition) is 3. The fourth-order valence-electron chi connectivity index (χ4n) is 5.61. The molecule has 314 valence electrons. The molecule has 0 radical (unpaired) electrons. The summed E-state index contributed by atoms with van der Waals surface area (Å²) in [4.78, 5) is 25.2. The average Bonchev–Trinajstić information content (AvgIpc) is 3.11. The van der Waals surface area contributed by atoms with Crippen LogP contribution in [0.5, 0.6) is 0 Å². The third kappa shape index (κ3) is 37.1. The number of likely N-dealkylation sites (N-methyl/N-ethyl adjacent to an activating group) is 1.